The van der Waals surface area contributed by atoms with Crippen molar-refractivity contribution in [3.05, 3.63) is 58.5 Å². The minimum Gasteiger partial charge on any atom is -0.356 e. The minimum atomic E-state index is -4.49. The third kappa shape index (κ3) is 6.01. The van der Waals surface area contributed by atoms with Gasteiger partial charge in [-0.2, -0.15) is 13.2 Å². The normalized spacial score (nSPS) is 15.0. The molecule has 1 atom stereocenters. The van der Waals surface area contributed by atoms with Gasteiger partial charge in [0.2, 0.25) is 5.91 Å². The van der Waals surface area contributed by atoms with Gasteiger partial charge in [-0.05, 0) is 49.6 Å². The van der Waals surface area contributed by atoms with Gasteiger partial charge in [-0.1, -0.05) is 17.7 Å². The largest absolute Gasteiger partial charge is 0.417 e. The molecule has 11 heteroatoms. The average molecular weight is 482 g/mol. The van der Waals surface area contributed by atoms with E-state index in [0.29, 0.717) is 42.0 Å². The van der Waals surface area contributed by atoms with E-state index in [4.69, 9.17) is 11.6 Å². The summed E-state index contributed by atoms with van der Waals surface area (Å²) in [6.07, 6.45) is 0.123. The molecule has 7 nitrogen and oxygen atoms in total. The zero-order valence-corrected chi connectivity index (χ0v) is 18.8. The molecule has 2 aromatic rings. The van der Waals surface area contributed by atoms with E-state index in [-0.39, 0.29) is 24.2 Å². The van der Waals surface area contributed by atoms with Crippen molar-refractivity contribution in [1.82, 2.24) is 20.2 Å². The minimum absolute atomic E-state index is 0.0318. The Morgan fingerprint density at radius 1 is 1.24 bits per heavy atom. The molecule has 0 aromatic carbocycles. The van der Waals surface area contributed by atoms with Crippen molar-refractivity contribution in [1.29, 1.82) is 0 Å². The Morgan fingerprint density at radius 2 is 2.00 bits per heavy atom. The van der Waals surface area contributed by atoms with Gasteiger partial charge in [0, 0.05) is 32.0 Å². The number of pyridine rings is 2. The molecule has 1 aliphatic rings. The summed E-state index contributed by atoms with van der Waals surface area (Å²) in [6.45, 7) is 4.80. The first-order valence-electron chi connectivity index (χ1n) is 10.3. The molecule has 0 saturated heterocycles. The van der Waals surface area contributed by atoms with E-state index < -0.39 is 17.8 Å². The molecule has 2 aromatic heterocycles. The first-order chi connectivity index (χ1) is 15.6. The van der Waals surface area contributed by atoms with Crippen LogP contribution < -0.4 is 10.6 Å². The summed E-state index contributed by atoms with van der Waals surface area (Å²) >= 11 is 6.42. The molecule has 0 spiro atoms. The van der Waals surface area contributed by atoms with Gasteiger partial charge in [0.25, 0.3) is 0 Å². The van der Waals surface area contributed by atoms with E-state index in [1.54, 1.807) is 19.2 Å². The molecule has 0 aliphatic carbocycles. The van der Waals surface area contributed by atoms with Crippen LogP contribution in [0.3, 0.4) is 0 Å². The van der Waals surface area contributed by atoms with E-state index >= 15 is 0 Å². The Kier molecular flexibility index (Phi) is 7.57. The van der Waals surface area contributed by atoms with Crippen LogP contribution in [0.25, 0.3) is 5.57 Å². The van der Waals surface area contributed by atoms with Gasteiger partial charge in [-0.25, -0.2) is 9.78 Å². The number of amides is 3. The number of halogens is 4. The smallest absolute Gasteiger partial charge is 0.356 e. The van der Waals surface area contributed by atoms with Crippen molar-refractivity contribution in [3.63, 3.8) is 0 Å². The van der Waals surface area contributed by atoms with Crippen molar-refractivity contribution >= 4 is 34.9 Å². The third-order valence-electron chi connectivity index (χ3n) is 5.23. The molecular formula is C22H23ClF3N5O2. The van der Waals surface area contributed by atoms with E-state index in [2.05, 4.69) is 20.6 Å². The summed E-state index contributed by atoms with van der Waals surface area (Å²) in [6, 6.07) is 3.22. The molecule has 3 rings (SSSR count). The molecule has 3 amide bonds. The van der Waals surface area contributed by atoms with Crippen LogP contribution in [-0.2, 0) is 11.0 Å². The second-order valence-electron chi connectivity index (χ2n) is 7.50. The number of carbonyl (C=O) groups excluding carboxylic acids is 2. The van der Waals surface area contributed by atoms with Gasteiger partial charge in [-0.3, -0.25) is 15.1 Å². The Balaban J connectivity index is 1.63. The number of carbonyl (C=O) groups is 2. The number of aromatic nitrogens is 2. The topological polar surface area (TPSA) is 87.2 Å². The predicted octanol–water partition coefficient (Wildman–Crippen LogP) is 4.71. The van der Waals surface area contributed by atoms with Gasteiger partial charge in [-0.15, -0.1) is 0 Å². The second-order valence-corrected chi connectivity index (χ2v) is 7.91. The second kappa shape index (κ2) is 10.2. The molecule has 0 saturated carbocycles. The summed E-state index contributed by atoms with van der Waals surface area (Å²) in [5.41, 5.74) is 1.28. The number of nitrogens with one attached hydrogen (secondary N) is 2. The van der Waals surface area contributed by atoms with Crippen LogP contribution in [0.4, 0.5) is 23.8 Å². The number of anilines is 1. The van der Waals surface area contributed by atoms with Crippen LogP contribution in [0, 0.1) is 0 Å². The van der Waals surface area contributed by atoms with Crippen molar-refractivity contribution in [3.8, 4) is 0 Å². The number of likely N-dealkylation sites (N-methyl/N-ethyl adjacent to an activating group) is 1. The number of urea groups is 1. The molecule has 1 aliphatic heterocycles. The number of rotatable bonds is 5. The maximum absolute atomic E-state index is 12.6. The average Bonchev–Trinajstić information content (AvgIpc) is 2.78. The van der Waals surface area contributed by atoms with Crippen LogP contribution in [0.5, 0.6) is 0 Å². The molecule has 0 bridgehead atoms. The molecule has 3 heterocycles. The molecule has 0 radical (unpaired) electrons. The number of nitrogens with zero attached hydrogens (tertiary/aromatic N) is 3. The molecule has 33 heavy (non-hydrogen) atoms. The maximum Gasteiger partial charge on any atom is 0.417 e. The fraction of sp³-hybridized carbons (Fsp3) is 0.364. The Morgan fingerprint density at radius 3 is 2.55 bits per heavy atom. The van der Waals surface area contributed by atoms with Crippen molar-refractivity contribution in [2.45, 2.75) is 32.4 Å². The van der Waals surface area contributed by atoms with E-state index in [0.717, 1.165) is 17.7 Å². The lowest BCUT2D eigenvalue weighted by molar-refractivity contribution is -0.137. The molecular weight excluding hydrogens is 459 g/mol. The zero-order valence-electron chi connectivity index (χ0n) is 18.0. The van der Waals surface area contributed by atoms with Crippen LogP contribution in [-0.4, -0.2) is 46.4 Å². The monoisotopic (exact) mass is 481 g/mol. The third-order valence-corrected chi connectivity index (χ3v) is 5.52. The summed E-state index contributed by atoms with van der Waals surface area (Å²) in [5, 5.41) is 5.68. The highest BCUT2D eigenvalue weighted by molar-refractivity contribution is 6.32. The van der Waals surface area contributed by atoms with Crippen LogP contribution >= 0.6 is 11.6 Å². The first kappa shape index (κ1) is 24.5. The fourth-order valence-electron chi connectivity index (χ4n) is 3.30. The summed E-state index contributed by atoms with van der Waals surface area (Å²) in [5.74, 6) is -0.462. The van der Waals surface area contributed by atoms with Crippen LogP contribution in [0.1, 0.15) is 43.0 Å². The number of hydrogen-bond donors (Lipinski definition) is 2. The van der Waals surface area contributed by atoms with Gasteiger partial charge >= 0.3 is 12.2 Å². The maximum atomic E-state index is 12.6. The van der Waals surface area contributed by atoms with E-state index in [9.17, 15) is 22.8 Å². The predicted molar refractivity (Wildman–Crippen MR) is 119 cm³/mol. The van der Waals surface area contributed by atoms with E-state index in [1.165, 1.54) is 4.90 Å². The van der Waals surface area contributed by atoms with Gasteiger partial charge in [0.15, 0.2) is 0 Å². The van der Waals surface area contributed by atoms with E-state index in [1.807, 2.05) is 13.0 Å². The molecule has 0 fully saturated rings. The molecule has 1 unspecified atom stereocenters. The number of alkyl halides is 3. The summed E-state index contributed by atoms with van der Waals surface area (Å²) in [7, 11) is 0. The summed E-state index contributed by atoms with van der Waals surface area (Å²) < 4.78 is 37.9. The van der Waals surface area contributed by atoms with Gasteiger partial charge in [0.05, 0.1) is 22.2 Å². The number of hydrogen-bond acceptors (Lipinski definition) is 4. The highest BCUT2D eigenvalue weighted by Gasteiger charge is 2.31. The SMILES string of the molecule is CCNC(=O)C(C)c1cnc(C2=CCN(C(=O)Nc3ccc(C(F)(F)F)cn3)CC2)c(Cl)c1. The highest BCUT2D eigenvalue weighted by atomic mass is 35.5. The Bertz CT molecular complexity index is 1060. The van der Waals surface area contributed by atoms with Crippen LogP contribution in [0.2, 0.25) is 5.02 Å². The highest BCUT2D eigenvalue weighted by Crippen LogP contribution is 2.30. The fourth-order valence-corrected chi connectivity index (χ4v) is 3.59. The standard InChI is InChI=1S/C22H23ClF3N5O2/c1-3-27-20(32)13(2)15-10-17(23)19(29-11-15)14-6-8-31(9-7-14)21(33)30-18-5-4-16(12-28-18)22(24,25)26/h4-6,10-13H,3,7-9H2,1-2H3,(H,27,32)(H,28,30,33). The lowest BCUT2D eigenvalue weighted by atomic mass is 9.99. The summed E-state index contributed by atoms with van der Waals surface area (Å²) in [4.78, 5) is 34.1. The van der Waals surface area contributed by atoms with Crippen molar-refractivity contribution in [2.75, 3.05) is 25.0 Å². The van der Waals surface area contributed by atoms with Gasteiger partial charge in [0.1, 0.15) is 5.82 Å². The van der Waals surface area contributed by atoms with Crippen LogP contribution in [0.15, 0.2) is 36.7 Å². The van der Waals surface area contributed by atoms with Crippen molar-refractivity contribution in [2.24, 2.45) is 0 Å². The Hall–Kier alpha value is -3.14. The lowest BCUT2D eigenvalue weighted by Crippen LogP contribution is -2.38. The quantitative estimate of drug-likeness (QED) is 0.647. The Labute approximate surface area is 194 Å². The lowest BCUT2D eigenvalue weighted by Gasteiger charge is -2.26. The van der Waals surface area contributed by atoms with Crippen molar-refractivity contribution < 1.29 is 22.8 Å². The first-order valence-corrected chi connectivity index (χ1v) is 10.7. The molecule has 176 valence electrons. The zero-order chi connectivity index (χ0) is 24.2. The molecule has 2 N–H and O–H groups in total. The van der Waals surface area contributed by atoms with Gasteiger partial charge < -0.3 is 10.2 Å².